The van der Waals surface area contributed by atoms with Crippen molar-refractivity contribution in [3.05, 3.63) is 98.1 Å². The molecule has 168 valence electrons. The Morgan fingerprint density at radius 1 is 0.939 bits per heavy atom. The van der Waals surface area contributed by atoms with Gasteiger partial charge < -0.3 is 5.32 Å². The number of amides is 1. The van der Waals surface area contributed by atoms with E-state index in [-0.39, 0.29) is 16.1 Å². The molecule has 0 atom stereocenters. The third kappa shape index (κ3) is 4.11. The lowest BCUT2D eigenvalue weighted by Gasteiger charge is -2.19. The number of rotatable bonds is 6. The molecule has 0 spiro atoms. The largest absolute Gasteiger partial charge is 0.322 e. The van der Waals surface area contributed by atoms with E-state index in [0.717, 1.165) is 17.7 Å². The summed E-state index contributed by atoms with van der Waals surface area (Å²) in [5.74, 6) is -0.860. The van der Waals surface area contributed by atoms with E-state index in [1.807, 2.05) is 12.1 Å². The first-order chi connectivity index (χ1) is 15.7. The fourth-order valence-corrected chi connectivity index (χ4v) is 5.07. The monoisotopic (exact) mass is 468 g/mol. The van der Waals surface area contributed by atoms with E-state index in [2.05, 4.69) is 5.32 Å². The molecule has 0 unspecified atom stereocenters. The van der Waals surface area contributed by atoms with Crippen LogP contribution in [0.2, 0.25) is 0 Å². The number of carbonyl (C=O) groups is 1. The van der Waals surface area contributed by atoms with Crippen LogP contribution in [0.5, 0.6) is 0 Å². The number of para-hydroxylation sites is 1. The first kappa shape index (κ1) is 21.9. The number of sulfonamides is 1. The Hall–Kier alpha value is -4.32. The van der Waals surface area contributed by atoms with Gasteiger partial charge in [0.1, 0.15) is 5.56 Å². The number of anilines is 2. The highest BCUT2D eigenvalue weighted by Gasteiger charge is 2.30. The van der Waals surface area contributed by atoms with Crippen molar-refractivity contribution in [3.8, 4) is 0 Å². The average Bonchev–Trinajstić information content (AvgIpc) is 3.24. The quantitative estimate of drug-likeness (QED) is 0.429. The summed E-state index contributed by atoms with van der Waals surface area (Å²) in [6.07, 6.45) is 0.609. The van der Waals surface area contributed by atoms with E-state index in [1.54, 1.807) is 12.1 Å². The van der Waals surface area contributed by atoms with Crippen LogP contribution < -0.4 is 9.62 Å². The van der Waals surface area contributed by atoms with Crippen LogP contribution in [0.4, 0.5) is 22.7 Å². The average molecular weight is 468 g/mol. The summed E-state index contributed by atoms with van der Waals surface area (Å²) in [4.78, 5) is 33.0. The smallest absolute Gasteiger partial charge is 0.289 e. The van der Waals surface area contributed by atoms with Crippen LogP contribution in [-0.4, -0.2) is 30.7 Å². The summed E-state index contributed by atoms with van der Waals surface area (Å²) in [5.41, 5.74) is 0.171. The van der Waals surface area contributed by atoms with E-state index in [9.17, 15) is 33.4 Å². The molecule has 11 nitrogen and oxygen atoms in total. The molecular formula is C21H16N4O7S. The lowest BCUT2D eigenvalue weighted by molar-refractivity contribution is -0.394. The van der Waals surface area contributed by atoms with Crippen molar-refractivity contribution in [2.75, 3.05) is 16.2 Å². The third-order valence-corrected chi connectivity index (χ3v) is 7.01. The number of nitrogens with zero attached hydrogens (tertiary/aromatic N) is 3. The van der Waals surface area contributed by atoms with E-state index in [1.165, 1.54) is 28.6 Å². The molecule has 33 heavy (non-hydrogen) atoms. The van der Waals surface area contributed by atoms with Crippen LogP contribution in [0.25, 0.3) is 0 Å². The van der Waals surface area contributed by atoms with Crippen molar-refractivity contribution < 1.29 is 23.1 Å². The summed E-state index contributed by atoms with van der Waals surface area (Å²) in [7, 11) is -3.81. The Morgan fingerprint density at radius 3 is 2.30 bits per heavy atom. The molecule has 1 heterocycles. The number of nitrogens with one attached hydrogen (secondary N) is 1. The predicted molar refractivity (Wildman–Crippen MR) is 119 cm³/mol. The van der Waals surface area contributed by atoms with Crippen LogP contribution in [-0.2, 0) is 16.4 Å². The molecule has 0 radical (unpaired) electrons. The zero-order valence-electron chi connectivity index (χ0n) is 16.9. The first-order valence-corrected chi connectivity index (χ1v) is 11.1. The summed E-state index contributed by atoms with van der Waals surface area (Å²) < 4.78 is 27.5. The number of hydrogen-bond donors (Lipinski definition) is 1. The van der Waals surface area contributed by atoms with Crippen molar-refractivity contribution >= 4 is 38.7 Å². The minimum absolute atomic E-state index is 0.0264. The van der Waals surface area contributed by atoms with Crippen molar-refractivity contribution in [1.82, 2.24) is 0 Å². The van der Waals surface area contributed by atoms with Gasteiger partial charge in [0.15, 0.2) is 0 Å². The van der Waals surface area contributed by atoms with Gasteiger partial charge in [0.25, 0.3) is 27.3 Å². The third-order valence-electron chi connectivity index (χ3n) is 5.18. The highest BCUT2D eigenvalue weighted by molar-refractivity contribution is 7.92. The van der Waals surface area contributed by atoms with E-state index < -0.39 is 37.2 Å². The lowest BCUT2D eigenvalue weighted by Crippen LogP contribution is -2.29. The number of fused-ring (bicyclic) bond motifs is 1. The fraction of sp³-hybridized carbons (Fsp3) is 0.0952. The van der Waals surface area contributed by atoms with Gasteiger partial charge in [0, 0.05) is 18.3 Å². The Labute approximate surface area is 187 Å². The fourth-order valence-electron chi connectivity index (χ4n) is 3.57. The molecule has 0 fully saturated rings. The molecule has 12 heteroatoms. The summed E-state index contributed by atoms with van der Waals surface area (Å²) in [5, 5.41) is 24.6. The van der Waals surface area contributed by atoms with E-state index >= 15 is 0 Å². The van der Waals surface area contributed by atoms with Gasteiger partial charge in [-0.05, 0) is 48.4 Å². The number of carbonyl (C=O) groups excluding carboxylic acids is 1. The van der Waals surface area contributed by atoms with E-state index in [4.69, 9.17) is 0 Å². The van der Waals surface area contributed by atoms with Gasteiger partial charge in [-0.2, -0.15) is 0 Å². The van der Waals surface area contributed by atoms with Crippen molar-refractivity contribution in [2.24, 2.45) is 0 Å². The predicted octanol–water partition coefficient (Wildman–Crippen LogP) is 3.51. The number of nitro groups is 2. The summed E-state index contributed by atoms with van der Waals surface area (Å²) >= 11 is 0. The van der Waals surface area contributed by atoms with Gasteiger partial charge >= 0.3 is 0 Å². The molecule has 1 N–H and O–H groups in total. The molecule has 3 aromatic carbocycles. The van der Waals surface area contributed by atoms with Crippen molar-refractivity contribution in [2.45, 2.75) is 11.3 Å². The minimum Gasteiger partial charge on any atom is -0.322 e. The Kier molecular flexibility index (Phi) is 5.52. The van der Waals surface area contributed by atoms with Crippen molar-refractivity contribution in [1.29, 1.82) is 0 Å². The highest BCUT2D eigenvalue weighted by atomic mass is 32.2. The van der Waals surface area contributed by atoms with Crippen LogP contribution >= 0.6 is 0 Å². The molecule has 3 aromatic rings. The molecule has 0 aliphatic carbocycles. The number of hydrogen-bond acceptors (Lipinski definition) is 7. The molecule has 0 bridgehead atoms. The van der Waals surface area contributed by atoms with Gasteiger partial charge in [-0.25, -0.2) is 8.42 Å². The normalized spacial score (nSPS) is 12.8. The maximum atomic E-state index is 13.1. The molecule has 1 aliphatic rings. The second kappa shape index (κ2) is 8.31. The molecule has 0 saturated heterocycles. The van der Waals surface area contributed by atoms with Crippen molar-refractivity contribution in [3.63, 3.8) is 0 Å². The molecule has 4 rings (SSSR count). The lowest BCUT2D eigenvalue weighted by atomic mass is 10.1. The van der Waals surface area contributed by atoms with Gasteiger partial charge in [-0.15, -0.1) is 0 Å². The zero-order valence-corrected chi connectivity index (χ0v) is 17.7. The standard InChI is InChI=1S/C21H16N4O7S/c26-21(18-10-7-16(24(27)28)13-20(18)25(29)30)22-15-5-8-17(9-6-15)33(31,32)23-12-11-14-3-1-2-4-19(14)23/h1-10,13H,11-12H2,(H,22,26). The molecule has 0 aromatic heterocycles. The number of non-ortho nitro benzene ring substituents is 1. The van der Waals surface area contributed by atoms with Gasteiger partial charge in [0.05, 0.1) is 26.5 Å². The SMILES string of the molecule is O=C(Nc1ccc(S(=O)(=O)N2CCc3ccccc32)cc1)c1ccc([N+](=O)[O-])cc1[N+](=O)[O-]. The second-order valence-electron chi connectivity index (χ2n) is 7.15. The van der Waals surface area contributed by atoms with Gasteiger partial charge in [-0.1, -0.05) is 18.2 Å². The first-order valence-electron chi connectivity index (χ1n) is 9.63. The molecule has 0 saturated carbocycles. The van der Waals surface area contributed by atoms with Gasteiger partial charge in [0.2, 0.25) is 0 Å². The summed E-state index contributed by atoms with van der Waals surface area (Å²) in [6, 6.07) is 15.3. The Morgan fingerprint density at radius 2 is 1.64 bits per heavy atom. The topological polar surface area (TPSA) is 153 Å². The maximum Gasteiger partial charge on any atom is 0.289 e. The molecular weight excluding hydrogens is 452 g/mol. The molecule has 1 aliphatic heterocycles. The van der Waals surface area contributed by atoms with E-state index in [0.29, 0.717) is 24.7 Å². The zero-order chi connectivity index (χ0) is 23.8. The van der Waals surface area contributed by atoms with Crippen LogP contribution in [0, 0.1) is 20.2 Å². The van der Waals surface area contributed by atoms with Gasteiger partial charge in [-0.3, -0.25) is 29.3 Å². The van der Waals surface area contributed by atoms with Crippen LogP contribution in [0.15, 0.2) is 71.6 Å². The number of benzene rings is 3. The Bertz CT molecular complexity index is 1390. The Balaban J connectivity index is 1.56. The molecule has 1 amide bonds. The second-order valence-corrected chi connectivity index (χ2v) is 9.01. The maximum absolute atomic E-state index is 13.1. The van der Waals surface area contributed by atoms with Crippen LogP contribution in [0.3, 0.4) is 0 Å². The number of nitro benzene ring substituents is 2. The van der Waals surface area contributed by atoms with Crippen LogP contribution in [0.1, 0.15) is 15.9 Å². The minimum atomic E-state index is -3.81. The summed E-state index contributed by atoms with van der Waals surface area (Å²) in [6.45, 7) is 0.323. The highest BCUT2D eigenvalue weighted by Crippen LogP contribution is 2.33.